The summed E-state index contributed by atoms with van der Waals surface area (Å²) in [5.41, 5.74) is 3.10. The minimum absolute atomic E-state index is 0.0842. The van der Waals surface area contributed by atoms with Gasteiger partial charge in [0.25, 0.3) is 0 Å². The van der Waals surface area contributed by atoms with Crippen LogP contribution in [0.3, 0.4) is 0 Å². The largest absolute Gasteiger partial charge is 0.506 e. The van der Waals surface area contributed by atoms with Gasteiger partial charge in [-0.3, -0.25) is 14.4 Å². The number of amides is 1. The Morgan fingerprint density at radius 2 is 1.40 bits per heavy atom. The highest BCUT2D eigenvalue weighted by Gasteiger charge is 2.24. The highest BCUT2D eigenvalue weighted by Crippen LogP contribution is 2.30. The molecule has 1 aliphatic carbocycles. The molecule has 2 heterocycles. The molecule has 226 valence electrons. The number of aromatic amines is 2. The Kier molecular flexibility index (Phi) is 10.4. The second kappa shape index (κ2) is 14.3. The van der Waals surface area contributed by atoms with Gasteiger partial charge in [-0.2, -0.15) is 0 Å². The third-order valence-corrected chi connectivity index (χ3v) is 10.2. The van der Waals surface area contributed by atoms with E-state index in [1.165, 1.54) is 25.7 Å². The molecule has 5 rings (SSSR count). The number of hydrogen-bond acceptors (Lipinski definition) is 8. The highest BCUT2D eigenvalue weighted by atomic mass is 32.1. The van der Waals surface area contributed by atoms with E-state index in [9.17, 15) is 24.6 Å². The minimum atomic E-state index is -0.179. The number of phenolic OH excluding ortho intramolecular Hbond substituents is 2. The maximum absolute atomic E-state index is 13.4. The Hall–Kier alpha value is -3.15. The molecular formula is C31H40N4O5S2. The van der Waals surface area contributed by atoms with Crippen molar-refractivity contribution in [1.82, 2.24) is 20.2 Å². The number of aromatic hydroxyl groups is 2. The van der Waals surface area contributed by atoms with E-state index in [4.69, 9.17) is 0 Å². The molecule has 0 unspecified atom stereocenters. The number of fused-ring (bicyclic) bond motifs is 2. The Balaban J connectivity index is 1.10. The summed E-state index contributed by atoms with van der Waals surface area (Å²) in [5, 5.41) is 23.5. The summed E-state index contributed by atoms with van der Waals surface area (Å²) in [4.78, 5) is 44.2. The van der Waals surface area contributed by atoms with Crippen molar-refractivity contribution in [3.8, 4) is 11.5 Å². The molecule has 9 nitrogen and oxygen atoms in total. The smallest absolute Gasteiger partial charge is 0.305 e. The summed E-state index contributed by atoms with van der Waals surface area (Å²) in [6.45, 7) is 2.05. The van der Waals surface area contributed by atoms with Crippen LogP contribution in [0.15, 0.2) is 33.9 Å². The zero-order valence-electron chi connectivity index (χ0n) is 23.9. The number of thiazole rings is 2. The van der Waals surface area contributed by atoms with Gasteiger partial charge < -0.3 is 30.4 Å². The zero-order valence-corrected chi connectivity index (χ0v) is 25.5. The number of rotatable bonds is 13. The molecule has 1 fully saturated rings. The van der Waals surface area contributed by atoms with Gasteiger partial charge in [0.15, 0.2) is 0 Å². The number of unbranched alkanes of at least 4 members (excludes halogenated alkanes) is 2. The van der Waals surface area contributed by atoms with Crippen molar-refractivity contribution in [3.63, 3.8) is 0 Å². The van der Waals surface area contributed by atoms with Gasteiger partial charge in [0, 0.05) is 25.6 Å². The minimum Gasteiger partial charge on any atom is -0.506 e. The Morgan fingerprint density at radius 3 is 2.02 bits per heavy atom. The molecule has 2 aromatic carbocycles. The van der Waals surface area contributed by atoms with Crippen molar-refractivity contribution in [1.29, 1.82) is 0 Å². The maximum atomic E-state index is 13.4. The van der Waals surface area contributed by atoms with Gasteiger partial charge >= 0.3 is 9.75 Å². The van der Waals surface area contributed by atoms with Gasteiger partial charge in [0.1, 0.15) is 22.5 Å². The number of hydrogen-bond donors (Lipinski definition) is 5. The summed E-state index contributed by atoms with van der Waals surface area (Å²) >= 11 is 2.26. The van der Waals surface area contributed by atoms with Crippen LogP contribution < -0.4 is 15.1 Å². The Labute approximate surface area is 252 Å². The molecule has 5 N–H and O–H groups in total. The van der Waals surface area contributed by atoms with Crippen LogP contribution in [0, 0.1) is 0 Å². The summed E-state index contributed by atoms with van der Waals surface area (Å²) in [6, 6.07) is 7.33. The number of phenols is 2. The molecule has 2 aromatic heterocycles. The van der Waals surface area contributed by atoms with Gasteiger partial charge in [-0.1, -0.05) is 66.9 Å². The number of benzene rings is 2. The van der Waals surface area contributed by atoms with Gasteiger partial charge in [-0.15, -0.1) is 0 Å². The van der Waals surface area contributed by atoms with Crippen LogP contribution in [0.25, 0.3) is 20.4 Å². The second-order valence-corrected chi connectivity index (χ2v) is 13.2. The van der Waals surface area contributed by atoms with Gasteiger partial charge in [-0.25, -0.2) is 0 Å². The van der Waals surface area contributed by atoms with Crippen molar-refractivity contribution in [3.05, 3.63) is 54.7 Å². The van der Waals surface area contributed by atoms with E-state index < -0.39 is 0 Å². The molecule has 11 heteroatoms. The molecule has 1 saturated carbocycles. The SMILES string of the molecule is O=C(CCNCCc1ccc(O)c2[nH]c(=O)sc12)N(CCCCCc1ccc(O)c2[nH]c(=O)sc12)C1CCCCCC1. The average molecular weight is 613 g/mol. The van der Waals surface area contributed by atoms with E-state index in [2.05, 4.69) is 20.2 Å². The first kappa shape index (κ1) is 30.3. The zero-order chi connectivity index (χ0) is 29.5. The molecule has 0 aliphatic heterocycles. The van der Waals surface area contributed by atoms with Crippen molar-refractivity contribution < 1.29 is 15.0 Å². The third-order valence-electron chi connectivity index (χ3n) is 8.30. The quantitative estimate of drug-likeness (QED) is 0.101. The van der Waals surface area contributed by atoms with Crippen molar-refractivity contribution in [2.75, 3.05) is 19.6 Å². The van der Waals surface area contributed by atoms with Gasteiger partial charge in [-0.05, 0) is 68.3 Å². The molecule has 0 radical (unpaired) electrons. The van der Waals surface area contributed by atoms with E-state index in [0.29, 0.717) is 43.0 Å². The predicted octanol–water partition coefficient (Wildman–Crippen LogP) is 5.39. The number of aromatic nitrogens is 2. The molecular weight excluding hydrogens is 572 g/mol. The highest BCUT2D eigenvalue weighted by molar-refractivity contribution is 7.17. The third kappa shape index (κ3) is 7.43. The lowest BCUT2D eigenvalue weighted by Crippen LogP contribution is -2.42. The van der Waals surface area contributed by atoms with E-state index in [-0.39, 0.29) is 27.2 Å². The first-order valence-electron chi connectivity index (χ1n) is 15.1. The van der Waals surface area contributed by atoms with Crippen LogP contribution in [0.5, 0.6) is 11.5 Å². The number of carbonyl (C=O) groups is 1. The average Bonchev–Trinajstić information content (AvgIpc) is 3.46. The lowest BCUT2D eigenvalue weighted by Gasteiger charge is -2.31. The lowest BCUT2D eigenvalue weighted by molar-refractivity contribution is -0.133. The van der Waals surface area contributed by atoms with Crippen LogP contribution >= 0.6 is 22.7 Å². The van der Waals surface area contributed by atoms with Crippen LogP contribution in [-0.4, -0.2) is 56.7 Å². The van der Waals surface area contributed by atoms with Crippen molar-refractivity contribution in [2.24, 2.45) is 0 Å². The summed E-state index contributed by atoms with van der Waals surface area (Å²) in [7, 11) is 0. The summed E-state index contributed by atoms with van der Waals surface area (Å²) in [5.74, 6) is 0.402. The molecule has 4 aromatic rings. The molecule has 1 amide bonds. The van der Waals surface area contributed by atoms with Crippen LogP contribution in [-0.2, 0) is 17.6 Å². The monoisotopic (exact) mass is 612 g/mol. The number of aryl methyl sites for hydroxylation is 1. The number of nitrogens with zero attached hydrogens (tertiary/aromatic N) is 1. The molecule has 0 bridgehead atoms. The van der Waals surface area contributed by atoms with Crippen LogP contribution in [0.1, 0.15) is 75.3 Å². The Morgan fingerprint density at radius 1 is 0.810 bits per heavy atom. The van der Waals surface area contributed by atoms with E-state index in [1.807, 2.05) is 12.1 Å². The van der Waals surface area contributed by atoms with E-state index in [1.54, 1.807) is 12.1 Å². The molecule has 42 heavy (non-hydrogen) atoms. The predicted molar refractivity (Wildman–Crippen MR) is 170 cm³/mol. The fourth-order valence-corrected chi connectivity index (χ4v) is 7.88. The van der Waals surface area contributed by atoms with Crippen molar-refractivity contribution in [2.45, 2.75) is 83.1 Å². The number of nitrogens with one attached hydrogen (secondary N) is 3. The van der Waals surface area contributed by atoms with Crippen LogP contribution in [0.4, 0.5) is 0 Å². The number of H-pyrrole nitrogens is 2. The first-order chi connectivity index (χ1) is 20.4. The van der Waals surface area contributed by atoms with E-state index >= 15 is 0 Å². The summed E-state index contributed by atoms with van der Waals surface area (Å²) < 4.78 is 1.62. The lowest BCUT2D eigenvalue weighted by atomic mass is 10.0. The summed E-state index contributed by atoms with van der Waals surface area (Å²) in [6.07, 6.45) is 11.9. The van der Waals surface area contributed by atoms with Crippen molar-refractivity contribution >= 4 is 49.0 Å². The fourth-order valence-electron chi connectivity index (χ4n) is 6.08. The second-order valence-electron chi connectivity index (χ2n) is 11.2. The van der Waals surface area contributed by atoms with Crippen LogP contribution in [0.2, 0.25) is 0 Å². The molecule has 0 saturated heterocycles. The normalized spacial score (nSPS) is 14.5. The molecule has 1 aliphatic rings. The maximum Gasteiger partial charge on any atom is 0.305 e. The molecule has 0 atom stereocenters. The first-order valence-corrected chi connectivity index (χ1v) is 16.7. The van der Waals surface area contributed by atoms with Gasteiger partial charge in [0.05, 0.1) is 9.40 Å². The number of carbonyl (C=O) groups excluding carboxylic acids is 1. The molecule has 0 spiro atoms. The van der Waals surface area contributed by atoms with E-state index in [0.717, 1.165) is 88.3 Å². The topological polar surface area (TPSA) is 139 Å². The Bertz CT molecular complexity index is 1610. The standard InChI is InChI=1S/C31H40N4O5S2/c36-23-13-11-20(28-26(23)33-30(39)41-28)8-4-3-7-19-35(22-9-5-1-2-6-10-22)25(38)16-18-32-17-15-21-12-14-24(37)27-29(21)42-31(40)34-27/h11-14,22,32,36-37H,1-10,15-19H2,(H,33,39)(H,34,40). The fraction of sp³-hybridized carbons (Fsp3) is 0.516. The van der Waals surface area contributed by atoms with Gasteiger partial charge in [0.2, 0.25) is 5.91 Å².